The molecule has 0 fully saturated rings. The van der Waals surface area contributed by atoms with Gasteiger partial charge in [0.15, 0.2) is 10.5 Å². The lowest BCUT2D eigenvalue weighted by Gasteiger charge is -2.17. The number of hydrogen-bond acceptors (Lipinski definition) is 6. The molecule has 2 aromatic carbocycles. The highest BCUT2D eigenvalue weighted by atomic mass is 32.2. The summed E-state index contributed by atoms with van der Waals surface area (Å²) in [4.78, 5) is 16.6. The molecule has 7 nitrogen and oxygen atoms in total. The molecule has 0 spiro atoms. The van der Waals surface area contributed by atoms with Crippen LogP contribution in [0.1, 0.15) is 0 Å². The molecule has 0 aliphatic rings. The molecule has 2 heterocycles. The molecule has 2 N–H and O–H groups in total. The molecule has 140 valence electrons. The Labute approximate surface area is 159 Å². The van der Waals surface area contributed by atoms with Crippen molar-refractivity contribution in [3.63, 3.8) is 0 Å². The van der Waals surface area contributed by atoms with E-state index in [-0.39, 0.29) is 27.4 Å². The van der Waals surface area contributed by atoms with Gasteiger partial charge in [-0.15, -0.1) is 0 Å². The Morgan fingerprint density at radius 3 is 2.29 bits per heavy atom. The Morgan fingerprint density at radius 2 is 1.61 bits per heavy atom. The number of aromatic nitrogens is 2. The van der Waals surface area contributed by atoms with Crippen LogP contribution in [0.4, 0.5) is 0 Å². The zero-order valence-electron chi connectivity index (χ0n) is 14.4. The van der Waals surface area contributed by atoms with E-state index in [2.05, 4.69) is 4.98 Å². The van der Waals surface area contributed by atoms with Crippen LogP contribution in [0.15, 0.2) is 82.7 Å². The van der Waals surface area contributed by atoms with Crippen LogP contribution in [-0.4, -0.2) is 27.6 Å². The van der Waals surface area contributed by atoms with Crippen molar-refractivity contribution in [1.29, 1.82) is 0 Å². The fourth-order valence-corrected chi connectivity index (χ4v) is 4.51. The summed E-state index contributed by atoms with van der Waals surface area (Å²) in [5.41, 5.74) is -0.147. The van der Waals surface area contributed by atoms with Crippen molar-refractivity contribution < 1.29 is 18.6 Å². The topological polar surface area (TPSA) is 109 Å². The molecule has 0 bridgehead atoms. The number of nitrogens with zero attached hydrogens (tertiary/aromatic N) is 2. The van der Waals surface area contributed by atoms with Gasteiger partial charge in [0, 0.05) is 24.4 Å². The van der Waals surface area contributed by atoms with E-state index in [4.69, 9.17) is 0 Å². The van der Waals surface area contributed by atoms with E-state index in [9.17, 15) is 23.4 Å². The summed E-state index contributed by atoms with van der Waals surface area (Å²) in [5, 5.41) is 19.7. The van der Waals surface area contributed by atoms with E-state index in [1.807, 2.05) is 0 Å². The van der Waals surface area contributed by atoms with Crippen LogP contribution in [0.2, 0.25) is 0 Å². The highest BCUT2D eigenvalue weighted by molar-refractivity contribution is 7.90. The first kappa shape index (κ1) is 17.7. The summed E-state index contributed by atoms with van der Waals surface area (Å²) >= 11 is 0. The molecule has 8 heteroatoms. The minimum atomic E-state index is -4.25. The monoisotopic (exact) mass is 394 g/mol. The third-order valence-electron chi connectivity index (χ3n) is 4.25. The van der Waals surface area contributed by atoms with E-state index < -0.39 is 21.2 Å². The van der Waals surface area contributed by atoms with Gasteiger partial charge in [0.1, 0.15) is 11.5 Å². The highest BCUT2D eigenvalue weighted by Crippen LogP contribution is 2.33. The van der Waals surface area contributed by atoms with Gasteiger partial charge in [-0.2, -0.15) is 8.42 Å². The predicted octanol–water partition coefficient (Wildman–Crippen LogP) is 2.71. The van der Waals surface area contributed by atoms with Gasteiger partial charge in [0.05, 0.1) is 16.6 Å². The molecule has 0 unspecified atom stereocenters. The molecular weight excluding hydrogens is 380 g/mol. The lowest BCUT2D eigenvalue weighted by atomic mass is 10.1. The zero-order valence-corrected chi connectivity index (χ0v) is 15.2. The molecule has 2 aromatic heterocycles. The van der Waals surface area contributed by atoms with Crippen LogP contribution < -0.4 is 5.43 Å². The maximum Gasteiger partial charge on any atom is 0.286 e. The average Bonchev–Trinajstić information content (AvgIpc) is 2.68. The van der Waals surface area contributed by atoms with Crippen molar-refractivity contribution in [2.75, 3.05) is 0 Å². The van der Waals surface area contributed by atoms with Crippen LogP contribution >= 0.6 is 0 Å². The van der Waals surface area contributed by atoms with Gasteiger partial charge in [0.2, 0.25) is 0 Å². The minimum absolute atomic E-state index is 0.0914. The minimum Gasteiger partial charge on any atom is -0.508 e. The summed E-state index contributed by atoms with van der Waals surface area (Å²) in [6.07, 6.45) is 1.34. The molecule has 4 aromatic rings. The smallest absolute Gasteiger partial charge is 0.286 e. The van der Waals surface area contributed by atoms with Crippen LogP contribution in [0.5, 0.6) is 11.5 Å². The summed E-state index contributed by atoms with van der Waals surface area (Å²) in [7, 11) is -4.25. The highest BCUT2D eigenvalue weighted by Gasteiger charge is 2.26. The third-order valence-corrected chi connectivity index (χ3v) is 5.89. The van der Waals surface area contributed by atoms with Gasteiger partial charge in [-0.3, -0.25) is 4.79 Å². The van der Waals surface area contributed by atoms with Crippen LogP contribution in [-0.2, 0) is 10.0 Å². The zero-order chi connectivity index (χ0) is 19.9. The molecule has 0 amide bonds. The molecule has 28 heavy (non-hydrogen) atoms. The maximum atomic E-state index is 13.4. The Hall–Kier alpha value is -3.65. The number of hydrogen-bond donors (Lipinski definition) is 2. The summed E-state index contributed by atoms with van der Waals surface area (Å²) in [5.74, 6) is -0.885. The van der Waals surface area contributed by atoms with Gasteiger partial charge in [-0.1, -0.05) is 36.4 Å². The quantitative estimate of drug-likeness (QED) is 0.553. The number of rotatable bonds is 3. The molecule has 0 radical (unpaired) electrons. The fourth-order valence-electron chi connectivity index (χ4n) is 3.06. The van der Waals surface area contributed by atoms with E-state index >= 15 is 0 Å². The SMILES string of the molecule is O=c1cc(-c2ccccc2)n(S(=O)(=O)c2ccccn2)c2cc(O)cc(O)c12. The Balaban J connectivity index is 2.22. The summed E-state index contributed by atoms with van der Waals surface area (Å²) < 4.78 is 27.7. The van der Waals surface area contributed by atoms with Crippen molar-refractivity contribution in [1.82, 2.24) is 8.96 Å². The Kier molecular flexibility index (Phi) is 4.12. The Morgan fingerprint density at radius 1 is 0.893 bits per heavy atom. The first-order chi connectivity index (χ1) is 13.4. The average molecular weight is 394 g/mol. The molecule has 4 rings (SSSR count). The van der Waals surface area contributed by atoms with Gasteiger partial charge in [0.25, 0.3) is 10.0 Å². The number of pyridine rings is 2. The largest absolute Gasteiger partial charge is 0.508 e. The predicted molar refractivity (Wildman–Crippen MR) is 104 cm³/mol. The second-order valence-electron chi connectivity index (χ2n) is 6.06. The van der Waals surface area contributed by atoms with Crippen LogP contribution in [0.3, 0.4) is 0 Å². The first-order valence-electron chi connectivity index (χ1n) is 8.23. The number of aromatic hydroxyl groups is 2. The first-order valence-corrected chi connectivity index (χ1v) is 9.67. The van der Waals surface area contributed by atoms with E-state index in [1.54, 1.807) is 36.4 Å². The van der Waals surface area contributed by atoms with E-state index in [1.165, 1.54) is 18.3 Å². The standard InChI is InChI=1S/C20H14N2O5S/c23-14-10-16-20(17(24)11-14)18(25)12-15(13-6-2-1-3-7-13)22(16)28(26,27)19-8-4-5-9-21-19/h1-12,23-24H. The van der Waals surface area contributed by atoms with E-state index in [0.717, 1.165) is 22.2 Å². The number of phenolic OH excluding ortho intramolecular Hbond substituents is 2. The third kappa shape index (κ3) is 2.80. The normalized spacial score (nSPS) is 11.6. The maximum absolute atomic E-state index is 13.4. The number of phenols is 2. The summed E-state index contributed by atoms with van der Waals surface area (Å²) in [6, 6.07) is 16.2. The lowest BCUT2D eigenvalue weighted by Crippen LogP contribution is -2.20. The van der Waals surface area contributed by atoms with Crippen molar-refractivity contribution in [2.24, 2.45) is 0 Å². The Bertz CT molecular complexity index is 1350. The van der Waals surface area contributed by atoms with Crippen molar-refractivity contribution in [2.45, 2.75) is 5.03 Å². The summed E-state index contributed by atoms with van der Waals surface area (Å²) in [6.45, 7) is 0. The second kappa shape index (κ2) is 6.50. The van der Waals surface area contributed by atoms with Crippen molar-refractivity contribution >= 4 is 20.9 Å². The van der Waals surface area contributed by atoms with Gasteiger partial charge >= 0.3 is 0 Å². The number of fused-ring (bicyclic) bond motifs is 1. The van der Waals surface area contributed by atoms with Gasteiger partial charge in [-0.05, 0) is 17.7 Å². The second-order valence-corrected chi connectivity index (χ2v) is 7.79. The fraction of sp³-hybridized carbons (Fsp3) is 0. The molecule has 0 aliphatic carbocycles. The van der Waals surface area contributed by atoms with Crippen molar-refractivity contribution in [3.8, 4) is 22.8 Å². The van der Waals surface area contributed by atoms with Crippen LogP contribution in [0.25, 0.3) is 22.2 Å². The molecule has 0 atom stereocenters. The van der Waals surface area contributed by atoms with Crippen LogP contribution in [0, 0.1) is 0 Å². The molecule has 0 saturated carbocycles. The van der Waals surface area contributed by atoms with E-state index in [0.29, 0.717) is 5.56 Å². The van der Waals surface area contributed by atoms with Gasteiger partial charge < -0.3 is 10.2 Å². The molecular formula is C20H14N2O5S. The van der Waals surface area contributed by atoms with Crippen molar-refractivity contribution in [3.05, 3.63) is 83.2 Å². The van der Waals surface area contributed by atoms with Gasteiger partial charge in [-0.25, -0.2) is 8.96 Å². The molecule has 0 saturated heterocycles. The molecule has 0 aliphatic heterocycles. The lowest BCUT2D eigenvalue weighted by molar-refractivity contribution is 0.454. The number of benzene rings is 2.